The highest BCUT2D eigenvalue weighted by Gasteiger charge is 2.15. The number of benzene rings is 1. The number of quaternary nitrogens is 1. The van der Waals surface area contributed by atoms with Crippen LogP contribution in [0.15, 0.2) is 24.3 Å². The molecule has 0 unspecified atom stereocenters. The molecule has 0 fully saturated rings. The molecule has 1 nitrogen and oxygen atoms in total. The SMILES string of the molecule is C[N+](C)(C)c1ccccc1CCl.[Cl-]. The second-order valence-electron chi connectivity index (χ2n) is 3.77. The predicted octanol–water partition coefficient (Wildman–Crippen LogP) is -0.374. The number of rotatable bonds is 2. The fourth-order valence-electron chi connectivity index (χ4n) is 1.28. The topological polar surface area (TPSA) is 0 Å². The molecule has 0 saturated heterocycles. The van der Waals surface area contributed by atoms with Gasteiger partial charge in [0.25, 0.3) is 0 Å². The van der Waals surface area contributed by atoms with Crippen molar-refractivity contribution in [1.82, 2.24) is 4.48 Å². The Morgan fingerprint density at radius 1 is 1.15 bits per heavy atom. The highest BCUT2D eigenvalue weighted by Crippen LogP contribution is 2.23. The molecule has 3 heteroatoms. The van der Waals surface area contributed by atoms with Crippen LogP contribution in [0.3, 0.4) is 0 Å². The molecule has 0 aromatic heterocycles. The molecular formula is C10H15Cl2N. The molecule has 0 atom stereocenters. The average molecular weight is 220 g/mol. The van der Waals surface area contributed by atoms with E-state index >= 15 is 0 Å². The summed E-state index contributed by atoms with van der Waals surface area (Å²) in [6.07, 6.45) is 0. The summed E-state index contributed by atoms with van der Waals surface area (Å²) in [7, 11) is 6.43. The normalized spacial score (nSPS) is 10.8. The van der Waals surface area contributed by atoms with Gasteiger partial charge in [-0.15, -0.1) is 11.6 Å². The van der Waals surface area contributed by atoms with E-state index < -0.39 is 0 Å². The van der Waals surface area contributed by atoms with Crippen LogP contribution < -0.4 is 16.9 Å². The standard InChI is InChI=1S/C10H15ClN.ClH/c1-12(2,3)10-7-5-4-6-9(10)8-11;/h4-7H,8H2,1-3H3;1H/q+1;/p-1. The Bertz CT molecular complexity index is 266. The maximum Gasteiger partial charge on any atom is 0.136 e. The van der Waals surface area contributed by atoms with Crippen LogP contribution in [0.4, 0.5) is 5.69 Å². The first kappa shape index (κ1) is 12.8. The van der Waals surface area contributed by atoms with Gasteiger partial charge in [-0.3, -0.25) is 4.48 Å². The molecule has 74 valence electrons. The minimum atomic E-state index is 0. The molecule has 1 rings (SSSR count). The van der Waals surface area contributed by atoms with E-state index in [9.17, 15) is 0 Å². The molecule has 0 aliphatic rings. The van der Waals surface area contributed by atoms with Gasteiger partial charge in [-0.25, -0.2) is 0 Å². The molecule has 0 aliphatic carbocycles. The molecule has 0 heterocycles. The Balaban J connectivity index is 0.00000144. The van der Waals surface area contributed by atoms with Gasteiger partial charge in [0, 0.05) is 5.56 Å². The third-order valence-corrected chi connectivity index (χ3v) is 2.15. The third-order valence-electron chi connectivity index (χ3n) is 1.86. The number of nitrogens with zero attached hydrogens (tertiary/aromatic N) is 1. The Morgan fingerprint density at radius 2 is 1.69 bits per heavy atom. The fourth-order valence-corrected chi connectivity index (χ4v) is 1.50. The average Bonchev–Trinajstić information content (AvgIpc) is 2.03. The molecule has 0 aliphatic heterocycles. The van der Waals surface area contributed by atoms with E-state index in [-0.39, 0.29) is 12.4 Å². The molecule has 0 amide bonds. The van der Waals surface area contributed by atoms with Gasteiger partial charge in [-0.2, -0.15) is 0 Å². The zero-order valence-electron chi connectivity index (χ0n) is 8.22. The number of hydrogen-bond acceptors (Lipinski definition) is 0. The van der Waals surface area contributed by atoms with Gasteiger partial charge in [0.05, 0.1) is 27.0 Å². The predicted molar refractivity (Wildman–Crippen MR) is 55.6 cm³/mol. The zero-order chi connectivity index (χ0) is 9.19. The van der Waals surface area contributed by atoms with Gasteiger partial charge in [-0.05, 0) is 6.07 Å². The van der Waals surface area contributed by atoms with E-state index in [1.165, 1.54) is 11.3 Å². The lowest BCUT2D eigenvalue weighted by Crippen LogP contribution is -3.00. The minimum Gasteiger partial charge on any atom is -1.00 e. The molecule has 13 heavy (non-hydrogen) atoms. The van der Waals surface area contributed by atoms with E-state index in [0.717, 1.165) is 4.48 Å². The van der Waals surface area contributed by atoms with Crippen LogP contribution in [0.1, 0.15) is 5.56 Å². The third kappa shape index (κ3) is 3.18. The second kappa shape index (κ2) is 4.85. The Kier molecular flexibility index (Phi) is 4.76. The summed E-state index contributed by atoms with van der Waals surface area (Å²) < 4.78 is 0.822. The van der Waals surface area contributed by atoms with Gasteiger partial charge in [0.15, 0.2) is 0 Å². The van der Waals surface area contributed by atoms with Crippen molar-refractivity contribution in [1.29, 1.82) is 0 Å². The molecule has 0 spiro atoms. The fraction of sp³-hybridized carbons (Fsp3) is 0.400. The quantitative estimate of drug-likeness (QED) is 0.471. The summed E-state index contributed by atoms with van der Waals surface area (Å²) in [4.78, 5) is 0. The van der Waals surface area contributed by atoms with Crippen molar-refractivity contribution < 1.29 is 12.4 Å². The van der Waals surface area contributed by atoms with Crippen LogP contribution in [0.25, 0.3) is 0 Å². The number of halogens is 2. The minimum absolute atomic E-state index is 0. The van der Waals surface area contributed by atoms with Crippen LogP contribution in [0.2, 0.25) is 0 Å². The summed E-state index contributed by atoms with van der Waals surface area (Å²) in [5, 5.41) is 0. The molecule has 0 N–H and O–H groups in total. The smallest absolute Gasteiger partial charge is 0.136 e. The van der Waals surface area contributed by atoms with Crippen molar-refractivity contribution in [2.75, 3.05) is 21.1 Å². The maximum atomic E-state index is 5.83. The van der Waals surface area contributed by atoms with Crippen LogP contribution in [0, 0.1) is 0 Å². The molecular weight excluding hydrogens is 205 g/mol. The van der Waals surface area contributed by atoms with Gasteiger partial charge in [-0.1, -0.05) is 18.2 Å². The van der Waals surface area contributed by atoms with E-state index in [4.69, 9.17) is 11.6 Å². The summed E-state index contributed by atoms with van der Waals surface area (Å²) in [6.45, 7) is 0. The Labute approximate surface area is 91.3 Å². The van der Waals surface area contributed by atoms with Crippen LogP contribution in [-0.2, 0) is 5.88 Å². The highest BCUT2D eigenvalue weighted by atomic mass is 35.5. The molecule has 0 radical (unpaired) electrons. The van der Waals surface area contributed by atoms with Crippen LogP contribution in [-0.4, -0.2) is 21.1 Å². The molecule has 0 bridgehead atoms. The Morgan fingerprint density at radius 3 is 2.08 bits per heavy atom. The number of hydrogen-bond donors (Lipinski definition) is 0. The summed E-state index contributed by atoms with van der Waals surface area (Å²) in [5.74, 6) is 0.589. The van der Waals surface area contributed by atoms with Gasteiger partial charge >= 0.3 is 0 Å². The van der Waals surface area contributed by atoms with E-state index in [0.29, 0.717) is 5.88 Å². The summed E-state index contributed by atoms with van der Waals surface area (Å²) in [6, 6.07) is 8.27. The lowest BCUT2D eigenvalue weighted by molar-refractivity contribution is -0.00000272. The molecule has 0 saturated carbocycles. The summed E-state index contributed by atoms with van der Waals surface area (Å²) in [5.41, 5.74) is 2.50. The number of para-hydroxylation sites is 1. The maximum absolute atomic E-state index is 5.83. The van der Waals surface area contributed by atoms with Crippen molar-refractivity contribution >= 4 is 17.3 Å². The largest absolute Gasteiger partial charge is 1.00 e. The highest BCUT2D eigenvalue weighted by molar-refractivity contribution is 6.17. The molecule has 1 aromatic rings. The van der Waals surface area contributed by atoms with Crippen molar-refractivity contribution in [3.63, 3.8) is 0 Å². The van der Waals surface area contributed by atoms with E-state index in [2.05, 4.69) is 39.3 Å². The van der Waals surface area contributed by atoms with Crippen molar-refractivity contribution in [2.24, 2.45) is 0 Å². The first-order valence-electron chi connectivity index (χ1n) is 4.01. The first-order chi connectivity index (χ1) is 5.55. The van der Waals surface area contributed by atoms with E-state index in [1.807, 2.05) is 6.07 Å². The van der Waals surface area contributed by atoms with Crippen molar-refractivity contribution in [2.45, 2.75) is 5.88 Å². The second-order valence-corrected chi connectivity index (χ2v) is 4.04. The van der Waals surface area contributed by atoms with Gasteiger partial charge < -0.3 is 12.4 Å². The summed E-state index contributed by atoms with van der Waals surface area (Å²) >= 11 is 5.83. The van der Waals surface area contributed by atoms with Crippen LogP contribution >= 0.6 is 11.6 Å². The van der Waals surface area contributed by atoms with Gasteiger partial charge in [0.2, 0.25) is 0 Å². The van der Waals surface area contributed by atoms with Crippen molar-refractivity contribution in [3.8, 4) is 0 Å². The monoisotopic (exact) mass is 219 g/mol. The van der Waals surface area contributed by atoms with E-state index in [1.54, 1.807) is 0 Å². The Hall–Kier alpha value is -0.240. The lowest BCUT2D eigenvalue weighted by atomic mass is 10.2. The zero-order valence-corrected chi connectivity index (χ0v) is 9.73. The van der Waals surface area contributed by atoms with Crippen molar-refractivity contribution in [3.05, 3.63) is 29.8 Å². The molecule has 1 aromatic carbocycles. The number of alkyl halides is 1. The first-order valence-corrected chi connectivity index (χ1v) is 4.55. The van der Waals surface area contributed by atoms with Crippen LogP contribution in [0.5, 0.6) is 0 Å². The van der Waals surface area contributed by atoms with Gasteiger partial charge in [0.1, 0.15) is 5.69 Å². The lowest BCUT2D eigenvalue weighted by Gasteiger charge is -2.25.